The molecule has 1 aliphatic heterocycles. The summed E-state index contributed by atoms with van der Waals surface area (Å²) in [5.74, 6) is 1.02. The molecule has 0 saturated heterocycles. The Hall–Kier alpha value is -3.77. The van der Waals surface area contributed by atoms with Gasteiger partial charge >= 0.3 is 0 Å². The average molecular weight is 476 g/mol. The highest BCUT2D eigenvalue weighted by molar-refractivity contribution is 6.30. The minimum absolute atomic E-state index is 0.0842. The van der Waals surface area contributed by atoms with Crippen molar-refractivity contribution < 1.29 is 18.7 Å². The number of carbonyl (C=O) groups excluding carboxylic acids is 1. The lowest BCUT2D eigenvalue weighted by Gasteiger charge is -2.25. The third-order valence-electron chi connectivity index (χ3n) is 6.13. The number of benzene rings is 3. The smallest absolute Gasteiger partial charge is 0.290 e. The van der Waals surface area contributed by atoms with E-state index in [4.69, 9.17) is 25.5 Å². The summed E-state index contributed by atoms with van der Waals surface area (Å²) in [7, 11) is 3.17. The molecule has 1 aliphatic rings. The van der Waals surface area contributed by atoms with Gasteiger partial charge in [0.25, 0.3) is 5.91 Å². The molecule has 2 heterocycles. The average Bonchev–Trinajstić information content (AvgIpc) is 3.14. The SMILES string of the molecule is COc1ccc(CCN2C(=O)c3oc4ccccc4c(=O)c3C2c2cccc(Cl)c2)cc1OC. The molecule has 1 atom stereocenters. The Kier molecular flexibility index (Phi) is 5.75. The highest BCUT2D eigenvalue weighted by atomic mass is 35.5. The molecule has 0 radical (unpaired) electrons. The number of para-hydroxylation sites is 1. The molecule has 172 valence electrons. The van der Waals surface area contributed by atoms with Crippen molar-refractivity contribution >= 4 is 28.5 Å². The summed E-state index contributed by atoms with van der Waals surface area (Å²) >= 11 is 6.27. The highest BCUT2D eigenvalue weighted by Crippen LogP contribution is 2.39. The zero-order chi connectivity index (χ0) is 23.8. The molecule has 7 heteroatoms. The number of nitrogens with zero attached hydrogens (tertiary/aromatic N) is 1. The van der Waals surface area contributed by atoms with Crippen LogP contribution in [0.5, 0.6) is 11.5 Å². The minimum atomic E-state index is -0.595. The number of hydrogen-bond donors (Lipinski definition) is 0. The van der Waals surface area contributed by atoms with Crippen LogP contribution in [0.25, 0.3) is 11.0 Å². The molecule has 1 aromatic heterocycles. The fraction of sp³-hybridized carbons (Fsp3) is 0.185. The van der Waals surface area contributed by atoms with Gasteiger partial charge in [0, 0.05) is 11.6 Å². The first-order chi connectivity index (χ1) is 16.5. The first kappa shape index (κ1) is 22.0. The predicted molar refractivity (Wildman–Crippen MR) is 130 cm³/mol. The number of ether oxygens (including phenoxy) is 2. The van der Waals surface area contributed by atoms with E-state index in [9.17, 15) is 9.59 Å². The largest absolute Gasteiger partial charge is 0.493 e. The summed E-state index contributed by atoms with van der Waals surface area (Å²) in [5.41, 5.74) is 2.26. The van der Waals surface area contributed by atoms with Crippen molar-refractivity contribution in [3.05, 3.63) is 104 Å². The topological polar surface area (TPSA) is 69.0 Å². The molecule has 0 saturated carbocycles. The van der Waals surface area contributed by atoms with Crippen LogP contribution in [0.3, 0.4) is 0 Å². The predicted octanol–water partition coefficient (Wildman–Crippen LogP) is 5.25. The first-order valence-electron chi connectivity index (χ1n) is 10.8. The zero-order valence-electron chi connectivity index (χ0n) is 18.7. The van der Waals surface area contributed by atoms with Crippen molar-refractivity contribution in [3.63, 3.8) is 0 Å². The van der Waals surface area contributed by atoms with E-state index >= 15 is 0 Å². The lowest BCUT2D eigenvalue weighted by Crippen LogP contribution is -2.31. The number of amides is 1. The van der Waals surface area contributed by atoms with Gasteiger partial charge in [-0.05, 0) is 53.9 Å². The summed E-state index contributed by atoms with van der Waals surface area (Å²) in [6.07, 6.45) is 0.546. The molecule has 0 aliphatic carbocycles. The zero-order valence-corrected chi connectivity index (χ0v) is 19.5. The van der Waals surface area contributed by atoms with E-state index in [-0.39, 0.29) is 17.1 Å². The third-order valence-corrected chi connectivity index (χ3v) is 6.36. The molecule has 34 heavy (non-hydrogen) atoms. The molecule has 4 aromatic rings. The standard InChI is InChI=1S/C27H22ClNO5/c1-32-21-11-10-16(14-22(21)33-2)12-13-29-24(17-6-5-7-18(28)15-17)23-25(30)19-8-3-4-9-20(19)34-26(23)27(29)31/h3-11,14-15,24H,12-13H2,1-2H3. The molecule has 0 spiro atoms. The Labute approximate surface area is 201 Å². The van der Waals surface area contributed by atoms with Crippen LogP contribution >= 0.6 is 11.6 Å². The maximum Gasteiger partial charge on any atom is 0.290 e. The maximum atomic E-state index is 13.5. The van der Waals surface area contributed by atoms with Crippen molar-refractivity contribution in [2.75, 3.05) is 20.8 Å². The number of methoxy groups -OCH3 is 2. The number of fused-ring (bicyclic) bond motifs is 2. The quantitative estimate of drug-likeness (QED) is 0.381. The summed E-state index contributed by atoms with van der Waals surface area (Å²) in [4.78, 5) is 28.7. The van der Waals surface area contributed by atoms with Crippen molar-refractivity contribution in [1.82, 2.24) is 4.90 Å². The van der Waals surface area contributed by atoms with Crippen LogP contribution in [0.2, 0.25) is 5.02 Å². The van der Waals surface area contributed by atoms with E-state index in [1.165, 1.54) is 0 Å². The van der Waals surface area contributed by atoms with E-state index < -0.39 is 6.04 Å². The fourth-order valence-electron chi connectivity index (χ4n) is 4.51. The summed E-state index contributed by atoms with van der Waals surface area (Å²) in [6, 6.07) is 19.3. The minimum Gasteiger partial charge on any atom is -0.493 e. The number of rotatable bonds is 6. The van der Waals surface area contributed by atoms with Gasteiger partial charge < -0.3 is 18.8 Å². The van der Waals surface area contributed by atoms with E-state index in [2.05, 4.69) is 0 Å². The van der Waals surface area contributed by atoms with E-state index in [1.54, 1.807) is 55.5 Å². The summed E-state index contributed by atoms with van der Waals surface area (Å²) in [5, 5.41) is 0.978. The fourth-order valence-corrected chi connectivity index (χ4v) is 4.71. The van der Waals surface area contributed by atoms with Crippen LogP contribution in [0.15, 0.2) is 75.9 Å². The number of carbonyl (C=O) groups is 1. The van der Waals surface area contributed by atoms with Gasteiger partial charge in [0.2, 0.25) is 5.76 Å². The van der Waals surface area contributed by atoms with Crippen molar-refractivity contribution in [2.24, 2.45) is 0 Å². The monoisotopic (exact) mass is 475 g/mol. The lowest BCUT2D eigenvalue weighted by molar-refractivity contribution is 0.0730. The highest BCUT2D eigenvalue weighted by Gasteiger charge is 2.42. The van der Waals surface area contributed by atoms with Gasteiger partial charge in [0.05, 0.1) is 31.2 Å². The molecule has 6 nitrogen and oxygen atoms in total. The first-order valence-corrected chi connectivity index (χ1v) is 11.2. The summed E-state index contributed by atoms with van der Waals surface area (Å²) < 4.78 is 16.7. The maximum absolute atomic E-state index is 13.5. The van der Waals surface area contributed by atoms with Gasteiger partial charge in [-0.2, -0.15) is 0 Å². The Morgan fingerprint density at radius 1 is 0.941 bits per heavy atom. The number of hydrogen-bond acceptors (Lipinski definition) is 5. The Morgan fingerprint density at radius 3 is 2.50 bits per heavy atom. The van der Waals surface area contributed by atoms with Crippen molar-refractivity contribution in [3.8, 4) is 11.5 Å². The van der Waals surface area contributed by atoms with Crippen LogP contribution in [0.1, 0.15) is 33.3 Å². The van der Waals surface area contributed by atoms with Gasteiger partial charge in [0.1, 0.15) is 5.58 Å². The third kappa shape index (κ3) is 3.70. The van der Waals surface area contributed by atoms with Crippen LogP contribution in [0.4, 0.5) is 0 Å². The number of halogens is 1. The van der Waals surface area contributed by atoms with Crippen LogP contribution < -0.4 is 14.9 Å². The van der Waals surface area contributed by atoms with Crippen LogP contribution in [0, 0.1) is 0 Å². The second-order valence-corrected chi connectivity index (χ2v) is 8.50. The Balaban J connectivity index is 1.58. The van der Waals surface area contributed by atoms with Gasteiger partial charge in [-0.1, -0.05) is 41.9 Å². The van der Waals surface area contributed by atoms with Gasteiger partial charge in [-0.15, -0.1) is 0 Å². The van der Waals surface area contributed by atoms with E-state index in [0.717, 1.165) is 11.1 Å². The molecule has 0 fully saturated rings. The molecule has 0 bridgehead atoms. The lowest BCUT2D eigenvalue weighted by atomic mass is 9.98. The van der Waals surface area contributed by atoms with Crippen molar-refractivity contribution in [1.29, 1.82) is 0 Å². The molecule has 3 aromatic carbocycles. The molecule has 5 rings (SSSR count). The van der Waals surface area contributed by atoms with Gasteiger partial charge in [-0.25, -0.2) is 0 Å². The van der Waals surface area contributed by atoms with E-state index in [0.29, 0.717) is 46.0 Å². The van der Waals surface area contributed by atoms with Crippen LogP contribution in [-0.4, -0.2) is 31.6 Å². The molecular weight excluding hydrogens is 454 g/mol. The van der Waals surface area contributed by atoms with Gasteiger partial charge in [0.15, 0.2) is 16.9 Å². The molecule has 0 N–H and O–H groups in total. The Morgan fingerprint density at radius 2 is 1.74 bits per heavy atom. The Bertz CT molecular complexity index is 1460. The van der Waals surface area contributed by atoms with Crippen LogP contribution in [-0.2, 0) is 6.42 Å². The molecule has 1 unspecified atom stereocenters. The molecule has 1 amide bonds. The van der Waals surface area contributed by atoms with E-state index in [1.807, 2.05) is 30.3 Å². The summed E-state index contributed by atoms with van der Waals surface area (Å²) in [6.45, 7) is 0.367. The second kappa shape index (κ2) is 8.88. The van der Waals surface area contributed by atoms with Crippen molar-refractivity contribution in [2.45, 2.75) is 12.5 Å². The van der Waals surface area contributed by atoms with Gasteiger partial charge in [-0.3, -0.25) is 9.59 Å². The second-order valence-electron chi connectivity index (χ2n) is 8.07. The molecular formula is C27H22ClNO5. The normalized spacial score (nSPS) is 15.0.